The molecule has 1 saturated carbocycles. The fourth-order valence-electron chi connectivity index (χ4n) is 2.83. The Morgan fingerprint density at radius 2 is 1.79 bits per heavy atom. The Hall–Kier alpha value is -1.84. The molecule has 0 heterocycles. The molecule has 0 spiro atoms. The first-order valence-electron chi connectivity index (χ1n) is 8.90. The largest absolute Gasteiger partial charge is 0.346 e. The standard InChI is InChI=1S/C20H30N2O2/c1-6-7-12-22(5)19(24)17-13-16(17)18(23)21-15-10-8-14(9-11-15)20(2,3)4/h8-11,16-17H,6-7,12-13H2,1-5H3,(H,21,23). The molecular weight excluding hydrogens is 300 g/mol. The minimum Gasteiger partial charge on any atom is -0.346 e. The van der Waals surface area contributed by atoms with Gasteiger partial charge < -0.3 is 10.2 Å². The van der Waals surface area contributed by atoms with Gasteiger partial charge in [-0.3, -0.25) is 9.59 Å². The van der Waals surface area contributed by atoms with Gasteiger partial charge in [0, 0.05) is 19.3 Å². The maximum absolute atomic E-state index is 12.3. The molecule has 0 aromatic heterocycles. The Morgan fingerprint density at radius 3 is 2.33 bits per heavy atom. The Balaban J connectivity index is 1.87. The van der Waals surface area contributed by atoms with Crippen molar-refractivity contribution in [3.05, 3.63) is 29.8 Å². The highest BCUT2D eigenvalue weighted by Gasteiger charge is 2.48. The van der Waals surface area contributed by atoms with Crippen LogP contribution in [0.1, 0.15) is 52.5 Å². The van der Waals surface area contributed by atoms with Crippen LogP contribution in [0.2, 0.25) is 0 Å². The van der Waals surface area contributed by atoms with Gasteiger partial charge in [-0.2, -0.15) is 0 Å². The molecule has 1 N–H and O–H groups in total. The Bertz CT molecular complexity index is 587. The lowest BCUT2D eigenvalue weighted by Crippen LogP contribution is -2.30. The molecule has 4 nitrogen and oxygen atoms in total. The lowest BCUT2D eigenvalue weighted by Gasteiger charge is -2.19. The first-order valence-corrected chi connectivity index (χ1v) is 8.90. The average molecular weight is 330 g/mol. The van der Waals surface area contributed by atoms with Crippen LogP contribution in [-0.2, 0) is 15.0 Å². The number of amides is 2. The van der Waals surface area contributed by atoms with Crippen LogP contribution in [0.4, 0.5) is 5.69 Å². The summed E-state index contributed by atoms with van der Waals surface area (Å²) >= 11 is 0. The molecule has 2 unspecified atom stereocenters. The third kappa shape index (κ3) is 4.59. The first-order chi connectivity index (χ1) is 11.2. The molecule has 2 atom stereocenters. The van der Waals surface area contributed by atoms with Crippen LogP contribution < -0.4 is 5.32 Å². The third-order valence-corrected chi connectivity index (χ3v) is 4.69. The predicted molar refractivity (Wildman–Crippen MR) is 97.9 cm³/mol. The molecule has 4 heteroatoms. The van der Waals surface area contributed by atoms with E-state index >= 15 is 0 Å². The molecule has 1 aromatic rings. The van der Waals surface area contributed by atoms with Crippen molar-refractivity contribution in [1.29, 1.82) is 0 Å². The maximum Gasteiger partial charge on any atom is 0.228 e. The van der Waals surface area contributed by atoms with E-state index in [2.05, 4.69) is 33.0 Å². The fraction of sp³-hybridized carbons (Fsp3) is 0.600. The number of hydrogen-bond donors (Lipinski definition) is 1. The van der Waals surface area contributed by atoms with E-state index in [4.69, 9.17) is 0 Å². The van der Waals surface area contributed by atoms with Gasteiger partial charge in [-0.05, 0) is 36.0 Å². The molecule has 2 amide bonds. The molecule has 1 aliphatic carbocycles. The van der Waals surface area contributed by atoms with E-state index in [1.54, 1.807) is 4.90 Å². The van der Waals surface area contributed by atoms with Gasteiger partial charge in [-0.15, -0.1) is 0 Å². The lowest BCUT2D eigenvalue weighted by atomic mass is 9.87. The predicted octanol–water partition coefficient (Wildman–Crippen LogP) is 3.82. The topological polar surface area (TPSA) is 49.4 Å². The summed E-state index contributed by atoms with van der Waals surface area (Å²) < 4.78 is 0. The van der Waals surface area contributed by atoms with Gasteiger partial charge in [0.25, 0.3) is 0 Å². The van der Waals surface area contributed by atoms with Gasteiger partial charge in [-0.25, -0.2) is 0 Å². The second kappa shape index (κ2) is 7.37. The quantitative estimate of drug-likeness (QED) is 0.862. The molecule has 0 aliphatic heterocycles. The smallest absolute Gasteiger partial charge is 0.228 e. The van der Waals surface area contributed by atoms with Crippen LogP contribution in [-0.4, -0.2) is 30.3 Å². The van der Waals surface area contributed by atoms with E-state index in [-0.39, 0.29) is 29.1 Å². The second-order valence-corrected chi connectivity index (χ2v) is 7.88. The van der Waals surface area contributed by atoms with Crippen molar-refractivity contribution in [3.63, 3.8) is 0 Å². The van der Waals surface area contributed by atoms with Gasteiger partial charge >= 0.3 is 0 Å². The number of carbonyl (C=O) groups is 2. The fourth-order valence-corrected chi connectivity index (χ4v) is 2.83. The summed E-state index contributed by atoms with van der Waals surface area (Å²) in [4.78, 5) is 26.4. The zero-order chi connectivity index (χ0) is 17.9. The van der Waals surface area contributed by atoms with E-state index in [1.165, 1.54) is 5.56 Å². The van der Waals surface area contributed by atoms with Gasteiger partial charge in [0.1, 0.15) is 0 Å². The summed E-state index contributed by atoms with van der Waals surface area (Å²) in [5.74, 6) is -0.253. The van der Waals surface area contributed by atoms with Crippen LogP contribution in [0, 0.1) is 11.8 Å². The molecule has 1 aromatic carbocycles. The maximum atomic E-state index is 12.3. The molecule has 1 aliphatic rings. The molecule has 0 radical (unpaired) electrons. The summed E-state index contributed by atoms with van der Waals surface area (Å²) in [7, 11) is 1.83. The minimum absolute atomic E-state index is 0.0410. The number of benzene rings is 1. The van der Waals surface area contributed by atoms with Gasteiger partial charge in [0.15, 0.2) is 0 Å². The van der Waals surface area contributed by atoms with Crippen molar-refractivity contribution in [3.8, 4) is 0 Å². The number of anilines is 1. The third-order valence-electron chi connectivity index (χ3n) is 4.69. The van der Waals surface area contributed by atoms with Crippen molar-refractivity contribution in [2.75, 3.05) is 18.9 Å². The van der Waals surface area contributed by atoms with Crippen LogP contribution in [0.15, 0.2) is 24.3 Å². The zero-order valence-corrected chi connectivity index (χ0v) is 15.6. The number of nitrogens with one attached hydrogen (secondary N) is 1. The average Bonchev–Trinajstić information content (AvgIpc) is 3.32. The van der Waals surface area contributed by atoms with Gasteiger partial charge in [0.2, 0.25) is 11.8 Å². The molecule has 2 rings (SSSR count). The molecule has 0 bridgehead atoms. The first kappa shape index (κ1) is 18.5. The van der Waals surface area contributed by atoms with E-state index in [9.17, 15) is 9.59 Å². The van der Waals surface area contributed by atoms with Crippen LogP contribution in [0.3, 0.4) is 0 Å². The van der Waals surface area contributed by atoms with Gasteiger partial charge in [0.05, 0.1) is 11.8 Å². The number of carbonyl (C=O) groups excluding carboxylic acids is 2. The summed E-state index contributed by atoms with van der Waals surface area (Å²) in [6, 6.07) is 7.96. The molecule has 24 heavy (non-hydrogen) atoms. The highest BCUT2D eigenvalue weighted by molar-refractivity contribution is 5.99. The Kier molecular flexibility index (Phi) is 5.68. The Labute approximate surface area is 145 Å². The number of nitrogens with zero attached hydrogens (tertiary/aromatic N) is 1. The summed E-state index contributed by atoms with van der Waals surface area (Å²) in [5, 5.41) is 2.94. The van der Waals surface area contributed by atoms with Crippen LogP contribution >= 0.6 is 0 Å². The van der Waals surface area contributed by atoms with Crippen LogP contribution in [0.5, 0.6) is 0 Å². The highest BCUT2D eigenvalue weighted by Crippen LogP contribution is 2.40. The minimum atomic E-state index is -0.177. The monoisotopic (exact) mass is 330 g/mol. The van der Waals surface area contributed by atoms with E-state index in [1.807, 2.05) is 31.3 Å². The molecular formula is C20H30N2O2. The zero-order valence-electron chi connectivity index (χ0n) is 15.6. The highest BCUT2D eigenvalue weighted by atomic mass is 16.2. The molecule has 132 valence electrons. The lowest BCUT2D eigenvalue weighted by molar-refractivity contribution is -0.132. The number of rotatable bonds is 6. The van der Waals surface area contributed by atoms with E-state index < -0.39 is 0 Å². The van der Waals surface area contributed by atoms with E-state index in [0.29, 0.717) is 6.42 Å². The summed E-state index contributed by atoms with van der Waals surface area (Å²) in [6.45, 7) is 9.37. The van der Waals surface area contributed by atoms with Crippen LogP contribution in [0.25, 0.3) is 0 Å². The van der Waals surface area contributed by atoms with Crippen molar-refractivity contribution < 1.29 is 9.59 Å². The van der Waals surface area contributed by atoms with Gasteiger partial charge in [-0.1, -0.05) is 46.2 Å². The Morgan fingerprint density at radius 1 is 1.17 bits per heavy atom. The van der Waals surface area contributed by atoms with Crippen molar-refractivity contribution in [2.45, 2.75) is 52.4 Å². The molecule has 0 saturated heterocycles. The summed E-state index contributed by atoms with van der Waals surface area (Å²) in [5.41, 5.74) is 2.13. The van der Waals surface area contributed by atoms with Crippen molar-refractivity contribution in [1.82, 2.24) is 4.90 Å². The number of hydrogen-bond acceptors (Lipinski definition) is 2. The summed E-state index contributed by atoms with van der Waals surface area (Å²) in [6.07, 6.45) is 2.74. The normalized spacial score (nSPS) is 19.7. The SMILES string of the molecule is CCCCN(C)C(=O)C1CC1C(=O)Nc1ccc(C(C)(C)C)cc1. The van der Waals surface area contributed by atoms with Crippen molar-refractivity contribution >= 4 is 17.5 Å². The van der Waals surface area contributed by atoms with Crippen molar-refractivity contribution in [2.24, 2.45) is 11.8 Å². The second-order valence-electron chi connectivity index (χ2n) is 7.88. The number of unbranched alkanes of at least 4 members (excludes halogenated alkanes) is 1. The molecule has 1 fully saturated rings. The van der Waals surface area contributed by atoms with E-state index in [0.717, 1.165) is 25.1 Å².